The number of nitrogens with one attached hydrogen (secondary N) is 1. The van der Waals surface area contributed by atoms with Crippen LogP contribution < -0.4 is 5.32 Å². The number of rotatable bonds is 6. The third-order valence-corrected chi connectivity index (χ3v) is 2.00. The number of esters is 1. The molecule has 5 nitrogen and oxygen atoms in total. The predicted molar refractivity (Wildman–Crippen MR) is 62.7 cm³/mol. The van der Waals surface area contributed by atoms with Gasteiger partial charge in [-0.2, -0.15) is 0 Å². The summed E-state index contributed by atoms with van der Waals surface area (Å²) < 4.78 is 10.1. The average Bonchev–Trinajstić information content (AvgIpc) is 2.65. The highest BCUT2D eigenvalue weighted by atomic mass is 16.5. The van der Waals surface area contributed by atoms with Crippen LogP contribution in [0, 0.1) is 0 Å². The third-order valence-electron chi connectivity index (χ3n) is 2.00. The first-order chi connectivity index (χ1) is 7.92. The Balaban J connectivity index is 2.43. The molecule has 0 saturated heterocycles. The Bertz CT molecular complexity index is 365. The summed E-state index contributed by atoms with van der Waals surface area (Å²) in [6.07, 6.45) is 0. The fraction of sp³-hybridized carbons (Fsp3) is 0.583. The van der Waals surface area contributed by atoms with Gasteiger partial charge in [0.1, 0.15) is 5.76 Å². The lowest BCUT2D eigenvalue weighted by atomic mass is 10.1. The molecule has 0 fully saturated rings. The second kappa shape index (κ2) is 5.84. The third kappa shape index (κ3) is 5.01. The molecule has 0 amide bonds. The minimum absolute atomic E-state index is 0.201. The number of hydrogen-bond donors (Lipinski definition) is 2. The van der Waals surface area contributed by atoms with Crippen LogP contribution >= 0.6 is 0 Å². The van der Waals surface area contributed by atoms with Crippen LogP contribution in [0.2, 0.25) is 0 Å². The molecule has 1 rings (SSSR count). The molecule has 0 bridgehead atoms. The second-order valence-corrected chi connectivity index (χ2v) is 4.40. The van der Waals surface area contributed by atoms with Crippen LogP contribution in [0.1, 0.15) is 37.1 Å². The van der Waals surface area contributed by atoms with Crippen molar-refractivity contribution >= 4 is 5.97 Å². The highest BCUT2D eigenvalue weighted by molar-refractivity contribution is 5.86. The van der Waals surface area contributed by atoms with E-state index < -0.39 is 11.6 Å². The van der Waals surface area contributed by atoms with E-state index in [1.54, 1.807) is 32.9 Å². The smallest absolute Gasteiger partial charge is 0.374 e. The van der Waals surface area contributed by atoms with E-state index in [-0.39, 0.29) is 5.76 Å². The van der Waals surface area contributed by atoms with Crippen molar-refractivity contribution in [2.24, 2.45) is 0 Å². The zero-order valence-electron chi connectivity index (χ0n) is 10.4. The quantitative estimate of drug-likeness (QED) is 0.735. The van der Waals surface area contributed by atoms with Crippen molar-refractivity contribution < 1.29 is 19.1 Å². The first kappa shape index (κ1) is 13.7. The van der Waals surface area contributed by atoms with Crippen LogP contribution in [0.15, 0.2) is 16.5 Å². The summed E-state index contributed by atoms with van der Waals surface area (Å²) in [5, 5.41) is 12.5. The Morgan fingerprint density at radius 2 is 2.24 bits per heavy atom. The first-order valence-corrected chi connectivity index (χ1v) is 5.61. The Morgan fingerprint density at radius 3 is 2.82 bits per heavy atom. The highest BCUT2D eigenvalue weighted by Crippen LogP contribution is 2.09. The van der Waals surface area contributed by atoms with Crippen LogP contribution in [0.5, 0.6) is 0 Å². The monoisotopic (exact) mass is 241 g/mol. The lowest BCUT2D eigenvalue weighted by molar-refractivity contribution is 0.0486. The van der Waals surface area contributed by atoms with E-state index in [9.17, 15) is 9.90 Å². The van der Waals surface area contributed by atoms with Gasteiger partial charge in [0.15, 0.2) is 0 Å². The van der Waals surface area contributed by atoms with Crippen LogP contribution in [-0.2, 0) is 11.3 Å². The number of ether oxygens (including phenoxy) is 1. The van der Waals surface area contributed by atoms with Gasteiger partial charge in [-0.15, -0.1) is 0 Å². The van der Waals surface area contributed by atoms with Crippen LogP contribution in [0.4, 0.5) is 0 Å². The molecule has 0 saturated carbocycles. The van der Waals surface area contributed by atoms with Gasteiger partial charge in [-0.3, -0.25) is 0 Å². The first-order valence-electron chi connectivity index (χ1n) is 5.61. The lowest BCUT2D eigenvalue weighted by Gasteiger charge is -2.16. The largest absolute Gasteiger partial charge is 0.460 e. The predicted octanol–water partition coefficient (Wildman–Crippen LogP) is 1.32. The zero-order valence-corrected chi connectivity index (χ0v) is 10.4. The van der Waals surface area contributed by atoms with Gasteiger partial charge in [0.25, 0.3) is 0 Å². The number of carbonyl (C=O) groups excluding carboxylic acids is 1. The summed E-state index contributed by atoms with van der Waals surface area (Å²) in [7, 11) is 0. The molecule has 0 aliphatic carbocycles. The molecule has 0 aliphatic rings. The summed E-state index contributed by atoms with van der Waals surface area (Å²) in [5.74, 6) is 0.380. The van der Waals surface area contributed by atoms with Crippen molar-refractivity contribution in [2.45, 2.75) is 32.9 Å². The van der Waals surface area contributed by atoms with Crippen molar-refractivity contribution in [3.8, 4) is 0 Å². The maximum absolute atomic E-state index is 11.3. The topological polar surface area (TPSA) is 71.7 Å². The maximum Gasteiger partial charge on any atom is 0.374 e. The summed E-state index contributed by atoms with van der Waals surface area (Å²) >= 11 is 0. The van der Waals surface area contributed by atoms with Crippen LogP contribution in [0.3, 0.4) is 0 Å². The molecule has 96 valence electrons. The van der Waals surface area contributed by atoms with Gasteiger partial charge < -0.3 is 19.6 Å². The minimum Gasteiger partial charge on any atom is -0.460 e. The number of carbonyl (C=O) groups is 1. The Kier molecular flexibility index (Phi) is 4.72. The molecule has 0 radical (unpaired) electrons. The number of aliphatic hydroxyl groups is 1. The maximum atomic E-state index is 11.3. The summed E-state index contributed by atoms with van der Waals surface area (Å²) in [4.78, 5) is 11.3. The molecular formula is C12H19NO4. The summed E-state index contributed by atoms with van der Waals surface area (Å²) in [6, 6.07) is 3.29. The Hall–Kier alpha value is -1.33. The minimum atomic E-state index is -0.767. The summed E-state index contributed by atoms with van der Waals surface area (Å²) in [5.41, 5.74) is -0.767. The van der Waals surface area contributed by atoms with Gasteiger partial charge in [-0.1, -0.05) is 0 Å². The van der Waals surface area contributed by atoms with Gasteiger partial charge in [0, 0.05) is 6.54 Å². The van der Waals surface area contributed by atoms with E-state index in [1.807, 2.05) is 0 Å². The summed E-state index contributed by atoms with van der Waals surface area (Å²) in [6.45, 7) is 6.41. The van der Waals surface area contributed by atoms with Crippen molar-refractivity contribution in [3.05, 3.63) is 23.7 Å². The van der Waals surface area contributed by atoms with E-state index in [1.165, 1.54) is 0 Å². The van der Waals surface area contributed by atoms with E-state index in [0.717, 1.165) is 0 Å². The zero-order chi connectivity index (χ0) is 12.9. The SMILES string of the molecule is CCOC(=O)c1ccc(CNCC(C)(C)O)o1. The van der Waals surface area contributed by atoms with Gasteiger partial charge in [-0.25, -0.2) is 4.79 Å². The molecule has 2 N–H and O–H groups in total. The van der Waals surface area contributed by atoms with Crippen molar-refractivity contribution in [1.82, 2.24) is 5.32 Å². The Morgan fingerprint density at radius 1 is 1.53 bits per heavy atom. The fourth-order valence-electron chi connectivity index (χ4n) is 1.28. The van der Waals surface area contributed by atoms with E-state index in [0.29, 0.717) is 25.5 Å². The van der Waals surface area contributed by atoms with Crippen LogP contribution in [0.25, 0.3) is 0 Å². The lowest BCUT2D eigenvalue weighted by Crippen LogP contribution is -2.34. The molecule has 0 aromatic carbocycles. The van der Waals surface area contributed by atoms with Crippen LogP contribution in [-0.4, -0.2) is 29.8 Å². The normalized spacial score (nSPS) is 11.5. The van der Waals surface area contributed by atoms with Gasteiger partial charge in [0.05, 0.1) is 18.8 Å². The molecule has 1 heterocycles. The van der Waals surface area contributed by atoms with Crippen molar-refractivity contribution in [3.63, 3.8) is 0 Å². The molecule has 1 aromatic heterocycles. The van der Waals surface area contributed by atoms with E-state index >= 15 is 0 Å². The molecule has 1 aromatic rings. The molecule has 0 unspecified atom stereocenters. The average molecular weight is 241 g/mol. The molecule has 0 spiro atoms. The van der Waals surface area contributed by atoms with Crippen molar-refractivity contribution in [1.29, 1.82) is 0 Å². The molecule has 17 heavy (non-hydrogen) atoms. The Labute approximate surface area is 101 Å². The van der Waals surface area contributed by atoms with E-state index in [4.69, 9.17) is 9.15 Å². The van der Waals surface area contributed by atoms with Gasteiger partial charge in [0.2, 0.25) is 5.76 Å². The number of hydrogen-bond acceptors (Lipinski definition) is 5. The molecular weight excluding hydrogens is 222 g/mol. The second-order valence-electron chi connectivity index (χ2n) is 4.40. The van der Waals surface area contributed by atoms with Gasteiger partial charge in [-0.05, 0) is 32.9 Å². The van der Waals surface area contributed by atoms with Crippen molar-refractivity contribution in [2.75, 3.05) is 13.2 Å². The number of furan rings is 1. The van der Waals surface area contributed by atoms with Gasteiger partial charge >= 0.3 is 5.97 Å². The standard InChI is InChI=1S/C12H19NO4/c1-4-16-11(14)10-6-5-9(17-10)7-13-8-12(2,3)15/h5-6,13,15H,4,7-8H2,1-3H3. The molecule has 5 heteroatoms. The highest BCUT2D eigenvalue weighted by Gasteiger charge is 2.14. The van der Waals surface area contributed by atoms with E-state index in [2.05, 4.69) is 5.32 Å². The fourth-order valence-corrected chi connectivity index (χ4v) is 1.28. The molecule has 0 aliphatic heterocycles. The molecule has 0 atom stereocenters.